The molecule has 2 atom stereocenters. The van der Waals surface area contributed by atoms with Crippen LogP contribution in [0.15, 0.2) is 36.5 Å². The second-order valence-corrected chi connectivity index (χ2v) is 7.76. The van der Waals surface area contributed by atoms with Crippen LogP contribution in [0.3, 0.4) is 0 Å². The van der Waals surface area contributed by atoms with Crippen molar-refractivity contribution in [2.45, 2.75) is 45.2 Å². The van der Waals surface area contributed by atoms with E-state index in [-0.39, 0.29) is 23.6 Å². The predicted octanol–water partition coefficient (Wildman–Crippen LogP) is 4.83. The van der Waals surface area contributed by atoms with E-state index in [9.17, 15) is 18.0 Å². The Morgan fingerprint density at radius 2 is 1.81 bits per heavy atom. The third-order valence-electron chi connectivity index (χ3n) is 5.86. The first-order valence-corrected chi connectivity index (χ1v) is 10.3. The molecule has 3 heterocycles. The molecule has 4 rings (SSSR count). The summed E-state index contributed by atoms with van der Waals surface area (Å²) in [5.74, 6) is -2.31. The Bertz CT molecular complexity index is 1120. The van der Waals surface area contributed by atoms with Crippen molar-refractivity contribution in [2.75, 3.05) is 0 Å². The van der Waals surface area contributed by atoms with E-state index in [1.807, 2.05) is 13.8 Å². The zero-order valence-electron chi connectivity index (χ0n) is 17.6. The van der Waals surface area contributed by atoms with E-state index in [0.717, 1.165) is 17.7 Å². The highest BCUT2D eigenvalue weighted by Gasteiger charge is 2.40. The first-order valence-electron chi connectivity index (χ1n) is 10.3. The first kappa shape index (κ1) is 21.1. The Morgan fingerprint density at radius 3 is 2.42 bits per heavy atom. The number of hydrogen-bond acceptors (Lipinski definition) is 3. The number of halogens is 3. The number of nitrogens with zero attached hydrogens (tertiary/aromatic N) is 4. The summed E-state index contributed by atoms with van der Waals surface area (Å²) in [6, 6.07) is 5.55. The van der Waals surface area contributed by atoms with Gasteiger partial charge < -0.3 is 4.90 Å². The van der Waals surface area contributed by atoms with Gasteiger partial charge in [0.1, 0.15) is 11.6 Å². The molecular weight excluding hydrogens is 405 g/mol. The monoisotopic (exact) mass is 428 g/mol. The van der Waals surface area contributed by atoms with Crippen molar-refractivity contribution < 1.29 is 18.0 Å². The van der Waals surface area contributed by atoms with Gasteiger partial charge in [0.25, 0.3) is 5.91 Å². The molecule has 8 heteroatoms. The van der Waals surface area contributed by atoms with Crippen molar-refractivity contribution >= 4 is 5.91 Å². The topological polar surface area (TPSA) is 51.0 Å². The molecule has 0 radical (unpaired) electrons. The zero-order chi connectivity index (χ0) is 22.3. The van der Waals surface area contributed by atoms with Gasteiger partial charge in [0.2, 0.25) is 5.95 Å². The first-order chi connectivity index (χ1) is 14.8. The summed E-state index contributed by atoms with van der Waals surface area (Å²) < 4.78 is 43.1. The third-order valence-corrected chi connectivity index (χ3v) is 5.86. The van der Waals surface area contributed by atoms with E-state index in [0.29, 0.717) is 36.2 Å². The van der Waals surface area contributed by atoms with Gasteiger partial charge in [0, 0.05) is 48.1 Å². The molecule has 0 N–H and O–H groups in total. The van der Waals surface area contributed by atoms with E-state index < -0.39 is 17.6 Å². The van der Waals surface area contributed by atoms with Gasteiger partial charge in [-0.1, -0.05) is 13.8 Å². The highest BCUT2D eigenvalue weighted by atomic mass is 19.1. The van der Waals surface area contributed by atoms with Gasteiger partial charge in [-0.2, -0.15) is 9.49 Å². The number of aryl methyl sites for hydroxylation is 1. The predicted molar refractivity (Wildman–Crippen MR) is 110 cm³/mol. The van der Waals surface area contributed by atoms with Gasteiger partial charge in [-0.15, -0.1) is 0 Å². The van der Waals surface area contributed by atoms with Crippen molar-refractivity contribution in [1.82, 2.24) is 19.7 Å². The van der Waals surface area contributed by atoms with Crippen LogP contribution >= 0.6 is 0 Å². The average Bonchev–Trinajstić information content (AvgIpc) is 3.06. The fourth-order valence-corrected chi connectivity index (χ4v) is 4.55. The molecule has 0 spiro atoms. The van der Waals surface area contributed by atoms with Gasteiger partial charge in [-0.3, -0.25) is 9.48 Å². The molecule has 1 aliphatic heterocycles. The van der Waals surface area contributed by atoms with Gasteiger partial charge >= 0.3 is 0 Å². The van der Waals surface area contributed by atoms with Crippen LogP contribution in [0.5, 0.6) is 0 Å². The number of hydrogen-bond donors (Lipinski definition) is 0. The highest BCUT2D eigenvalue weighted by Crippen LogP contribution is 2.41. The number of benzene rings is 1. The van der Waals surface area contributed by atoms with Crippen molar-refractivity contribution in [3.05, 3.63) is 70.9 Å². The van der Waals surface area contributed by atoms with Crippen molar-refractivity contribution in [2.24, 2.45) is 7.05 Å². The molecule has 1 aliphatic rings. The molecule has 2 aromatic heterocycles. The number of amides is 1. The maximum Gasteiger partial charge on any atom is 0.254 e. The van der Waals surface area contributed by atoms with E-state index in [1.165, 1.54) is 24.4 Å². The maximum atomic E-state index is 13.9. The summed E-state index contributed by atoms with van der Waals surface area (Å²) in [4.78, 5) is 18.6. The highest BCUT2D eigenvalue weighted by molar-refractivity contribution is 5.95. The van der Waals surface area contributed by atoms with Crippen molar-refractivity contribution in [3.8, 4) is 11.3 Å². The molecule has 31 heavy (non-hydrogen) atoms. The normalized spacial score (nSPS) is 18.2. The molecule has 0 bridgehead atoms. The van der Waals surface area contributed by atoms with Crippen LogP contribution in [0.25, 0.3) is 11.3 Å². The molecule has 0 saturated carbocycles. The largest absolute Gasteiger partial charge is 0.327 e. The quantitative estimate of drug-likeness (QED) is 0.560. The minimum atomic E-state index is -0.710. The van der Waals surface area contributed by atoms with Crippen LogP contribution in [-0.2, 0) is 13.5 Å². The maximum absolute atomic E-state index is 13.9. The lowest BCUT2D eigenvalue weighted by molar-refractivity contribution is 0.0512. The van der Waals surface area contributed by atoms with Crippen LogP contribution in [0.4, 0.5) is 13.2 Å². The fraction of sp³-hybridized carbons (Fsp3) is 0.348. The summed E-state index contributed by atoms with van der Waals surface area (Å²) >= 11 is 0. The Labute approximate surface area is 178 Å². The van der Waals surface area contributed by atoms with E-state index in [1.54, 1.807) is 16.6 Å². The number of aromatic nitrogens is 3. The molecule has 3 aromatic rings. The number of carbonyl (C=O) groups is 1. The summed E-state index contributed by atoms with van der Waals surface area (Å²) in [5, 5.41) is 4.64. The van der Waals surface area contributed by atoms with E-state index in [2.05, 4.69) is 10.1 Å². The van der Waals surface area contributed by atoms with Crippen LogP contribution in [-0.4, -0.2) is 31.6 Å². The summed E-state index contributed by atoms with van der Waals surface area (Å²) in [6.45, 7) is 3.93. The van der Waals surface area contributed by atoms with E-state index >= 15 is 0 Å². The Balaban J connectivity index is 1.83. The summed E-state index contributed by atoms with van der Waals surface area (Å²) in [7, 11) is 1.73. The average molecular weight is 428 g/mol. The molecule has 0 saturated heterocycles. The van der Waals surface area contributed by atoms with Crippen LogP contribution in [0, 0.1) is 17.6 Å². The lowest BCUT2D eigenvalue weighted by Gasteiger charge is -2.41. The van der Waals surface area contributed by atoms with Gasteiger partial charge in [0.15, 0.2) is 0 Å². The molecule has 1 aromatic carbocycles. The Kier molecular flexibility index (Phi) is 5.56. The van der Waals surface area contributed by atoms with Gasteiger partial charge in [-0.25, -0.2) is 13.8 Å². The smallest absolute Gasteiger partial charge is 0.254 e. The number of carbonyl (C=O) groups excluding carboxylic acids is 1. The summed E-state index contributed by atoms with van der Waals surface area (Å²) in [6.07, 6.45) is 3.03. The van der Waals surface area contributed by atoms with Crippen LogP contribution in [0.1, 0.15) is 54.3 Å². The number of pyridine rings is 1. The van der Waals surface area contributed by atoms with Gasteiger partial charge in [-0.05, 0) is 37.5 Å². The molecular formula is C23H23F3N4O. The Morgan fingerprint density at radius 1 is 1.10 bits per heavy atom. The zero-order valence-corrected chi connectivity index (χ0v) is 17.6. The molecule has 2 unspecified atom stereocenters. The van der Waals surface area contributed by atoms with Crippen molar-refractivity contribution in [1.29, 1.82) is 0 Å². The molecule has 162 valence electrons. The lowest BCUT2D eigenvalue weighted by atomic mass is 9.87. The molecule has 0 aliphatic carbocycles. The second-order valence-electron chi connectivity index (χ2n) is 7.76. The number of rotatable bonds is 4. The third kappa shape index (κ3) is 3.71. The minimum absolute atomic E-state index is 0.164. The SMILES string of the molecule is CCC1Cc2c(nn(C)c2-c2cc(F)cc(F)c2)C(CC)N1C(=O)c1ccnc(F)c1. The second kappa shape index (κ2) is 8.17. The fourth-order valence-electron chi connectivity index (χ4n) is 4.55. The van der Waals surface area contributed by atoms with Gasteiger partial charge in [0.05, 0.1) is 17.4 Å². The number of fused-ring (bicyclic) bond motifs is 1. The minimum Gasteiger partial charge on any atom is -0.327 e. The lowest BCUT2D eigenvalue weighted by Crippen LogP contribution is -2.47. The summed E-state index contributed by atoms with van der Waals surface area (Å²) in [5.41, 5.74) is 2.88. The molecule has 5 nitrogen and oxygen atoms in total. The standard InChI is InChI=1S/C23H23F3N4O/c1-4-17-12-18-21(28-29(3)22(18)14-8-15(24)11-16(25)9-14)19(5-2)30(17)23(31)13-6-7-27-20(26)10-13/h6-11,17,19H,4-5,12H2,1-3H3. The molecule has 1 amide bonds. The van der Waals surface area contributed by atoms with E-state index in [4.69, 9.17) is 0 Å². The van der Waals surface area contributed by atoms with Crippen molar-refractivity contribution in [3.63, 3.8) is 0 Å². The molecule has 0 fully saturated rings. The Hall–Kier alpha value is -3.16. The van der Waals surface area contributed by atoms with Crippen LogP contribution < -0.4 is 0 Å². The van der Waals surface area contributed by atoms with Crippen LogP contribution in [0.2, 0.25) is 0 Å².